The third kappa shape index (κ3) is 1.08. The van der Waals surface area contributed by atoms with Crippen LogP contribution in [-0.2, 0) is 0 Å². The molecule has 1 aromatic rings. The Morgan fingerprint density at radius 3 is 2.25 bits per heavy atom. The predicted molar refractivity (Wildman–Crippen MR) is 38.8 cm³/mol. The second-order valence-corrected chi connectivity index (χ2v) is 3.36. The van der Waals surface area contributed by atoms with Gasteiger partial charge in [-0.2, -0.15) is 0 Å². The van der Waals surface area contributed by atoms with Crippen LogP contribution in [0.1, 0.15) is 0 Å². The molecule has 1 rings (SSSR count). The molecule has 0 aliphatic rings. The van der Waals surface area contributed by atoms with Gasteiger partial charge in [0.1, 0.15) is 4.34 Å². The van der Waals surface area contributed by atoms with Gasteiger partial charge in [-0.1, -0.05) is 23.2 Å². The lowest BCUT2D eigenvalue weighted by molar-refractivity contribution is 1.93. The first-order chi connectivity index (χ1) is 3.70. The second kappa shape index (κ2) is 2.13. The SMILES string of the molecule is Nc1cc(Cl)c(Cl)s1. The topological polar surface area (TPSA) is 26.0 Å². The van der Waals surface area contributed by atoms with Gasteiger partial charge in [0.2, 0.25) is 0 Å². The lowest BCUT2D eigenvalue weighted by Crippen LogP contribution is -1.72. The molecule has 8 heavy (non-hydrogen) atoms. The van der Waals surface area contributed by atoms with Crippen molar-refractivity contribution in [3.8, 4) is 0 Å². The van der Waals surface area contributed by atoms with Gasteiger partial charge in [0.05, 0.1) is 10.0 Å². The zero-order chi connectivity index (χ0) is 6.15. The van der Waals surface area contributed by atoms with Crippen molar-refractivity contribution in [1.82, 2.24) is 0 Å². The van der Waals surface area contributed by atoms with E-state index in [4.69, 9.17) is 28.9 Å². The van der Waals surface area contributed by atoms with Crippen LogP contribution >= 0.6 is 34.5 Å². The highest BCUT2D eigenvalue weighted by molar-refractivity contribution is 7.20. The Kier molecular flexibility index (Phi) is 1.65. The second-order valence-electron chi connectivity index (χ2n) is 1.27. The van der Waals surface area contributed by atoms with Crippen molar-refractivity contribution in [2.24, 2.45) is 0 Å². The van der Waals surface area contributed by atoms with E-state index in [1.807, 2.05) is 0 Å². The average molecular weight is 168 g/mol. The molecule has 0 saturated carbocycles. The van der Waals surface area contributed by atoms with Crippen LogP contribution in [0.4, 0.5) is 5.00 Å². The predicted octanol–water partition coefficient (Wildman–Crippen LogP) is 2.64. The van der Waals surface area contributed by atoms with Crippen LogP contribution in [0.3, 0.4) is 0 Å². The van der Waals surface area contributed by atoms with Gasteiger partial charge in [-0.05, 0) is 6.07 Å². The zero-order valence-corrected chi connectivity index (χ0v) is 6.15. The first kappa shape index (κ1) is 6.20. The minimum atomic E-state index is 0.536. The van der Waals surface area contributed by atoms with E-state index in [1.165, 1.54) is 11.3 Å². The van der Waals surface area contributed by atoms with Crippen LogP contribution in [0.25, 0.3) is 0 Å². The van der Waals surface area contributed by atoms with Crippen molar-refractivity contribution < 1.29 is 0 Å². The molecule has 0 aliphatic carbocycles. The van der Waals surface area contributed by atoms with E-state index in [0.29, 0.717) is 14.4 Å². The minimum Gasteiger partial charge on any atom is -0.391 e. The molecule has 0 radical (unpaired) electrons. The minimum absolute atomic E-state index is 0.536. The highest BCUT2D eigenvalue weighted by Gasteiger charge is 1.99. The van der Waals surface area contributed by atoms with E-state index < -0.39 is 0 Å². The zero-order valence-electron chi connectivity index (χ0n) is 3.82. The largest absolute Gasteiger partial charge is 0.391 e. The van der Waals surface area contributed by atoms with Crippen LogP contribution in [0.2, 0.25) is 9.36 Å². The molecule has 1 heterocycles. The molecule has 0 bridgehead atoms. The first-order valence-electron chi connectivity index (χ1n) is 1.90. The van der Waals surface area contributed by atoms with Crippen LogP contribution in [-0.4, -0.2) is 0 Å². The molecule has 0 spiro atoms. The summed E-state index contributed by atoms with van der Waals surface area (Å²) in [6.07, 6.45) is 0. The molecular formula is C4H3Cl2NS. The Morgan fingerprint density at radius 2 is 2.12 bits per heavy atom. The Morgan fingerprint density at radius 1 is 1.50 bits per heavy atom. The van der Waals surface area contributed by atoms with Crippen molar-refractivity contribution in [3.05, 3.63) is 15.4 Å². The van der Waals surface area contributed by atoms with Gasteiger partial charge < -0.3 is 5.73 Å². The van der Waals surface area contributed by atoms with E-state index in [-0.39, 0.29) is 0 Å². The lowest BCUT2D eigenvalue weighted by Gasteiger charge is -1.73. The van der Waals surface area contributed by atoms with Gasteiger partial charge in [-0.3, -0.25) is 0 Å². The standard InChI is InChI=1S/C4H3Cl2NS/c5-2-1-3(7)8-4(2)6/h1H,7H2. The summed E-state index contributed by atoms with van der Waals surface area (Å²) in [4.78, 5) is 0. The summed E-state index contributed by atoms with van der Waals surface area (Å²) in [5, 5.41) is 1.19. The fourth-order valence-electron chi connectivity index (χ4n) is 0.363. The van der Waals surface area contributed by atoms with Crippen molar-refractivity contribution in [1.29, 1.82) is 0 Å². The summed E-state index contributed by atoms with van der Waals surface area (Å²) < 4.78 is 0.559. The first-order valence-corrected chi connectivity index (χ1v) is 3.47. The van der Waals surface area contributed by atoms with Crippen LogP contribution < -0.4 is 5.73 Å². The summed E-state index contributed by atoms with van der Waals surface area (Å²) in [6, 6.07) is 1.63. The van der Waals surface area contributed by atoms with Crippen LogP contribution in [0, 0.1) is 0 Å². The summed E-state index contributed by atoms with van der Waals surface area (Å²) in [5.74, 6) is 0. The summed E-state index contributed by atoms with van der Waals surface area (Å²) in [7, 11) is 0. The molecule has 1 nitrogen and oxygen atoms in total. The number of nitrogen functional groups attached to an aromatic ring is 1. The third-order valence-corrected chi connectivity index (χ3v) is 2.36. The average Bonchev–Trinajstić information content (AvgIpc) is 1.85. The van der Waals surface area contributed by atoms with Gasteiger partial charge in [0, 0.05) is 0 Å². The van der Waals surface area contributed by atoms with E-state index in [2.05, 4.69) is 0 Å². The maximum Gasteiger partial charge on any atom is 0.114 e. The highest BCUT2D eigenvalue weighted by atomic mass is 35.5. The smallest absolute Gasteiger partial charge is 0.114 e. The molecule has 1 aromatic heterocycles. The molecule has 0 atom stereocenters. The lowest BCUT2D eigenvalue weighted by atomic mass is 10.6. The Bertz CT molecular complexity index is 176. The summed E-state index contributed by atoms with van der Waals surface area (Å²) in [5.41, 5.74) is 5.33. The Balaban J connectivity index is 3.14. The molecule has 44 valence electrons. The maximum absolute atomic E-state index is 5.54. The van der Waals surface area contributed by atoms with E-state index in [1.54, 1.807) is 6.07 Å². The number of nitrogens with two attached hydrogens (primary N) is 1. The van der Waals surface area contributed by atoms with Crippen molar-refractivity contribution >= 4 is 39.5 Å². The molecule has 0 fully saturated rings. The molecule has 2 N–H and O–H groups in total. The van der Waals surface area contributed by atoms with Crippen molar-refractivity contribution in [2.75, 3.05) is 5.73 Å². The maximum atomic E-state index is 5.54. The molecule has 0 saturated heterocycles. The summed E-state index contributed by atoms with van der Waals surface area (Å²) in [6.45, 7) is 0. The van der Waals surface area contributed by atoms with Gasteiger partial charge in [-0.15, -0.1) is 11.3 Å². The molecule has 4 heteroatoms. The Hall–Kier alpha value is 0.0800. The van der Waals surface area contributed by atoms with Crippen LogP contribution in [0.15, 0.2) is 6.07 Å². The fraction of sp³-hybridized carbons (Fsp3) is 0. The molecule has 0 amide bonds. The van der Waals surface area contributed by atoms with E-state index in [9.17, 15) is 0 Å². The van der Waals surface area contributed by atoms with Crippen molar-refractivity contribution in [3.63, 3.8) is 0 Å². The summed E-state index contributed by atoms with van der Waals surface area (Å²) >= 11 is 12.3. The number of rotatable bonds is 0. The number of hydrogen-bond acceptors (Lipinski definition) is 2. The van der Waals surface area contributed by atoms with Crippen LogP contribution in [0.5, 0.6) is 0 Å². The highest BCUT2D eigenvalue weighted by Crippen LogP contribution is 2.32. The molecule has 0 unspecified atom stereocenters. The van der Waals surface area contributed by atoms with Gasteiger partial charge in [0.15, 0.2) is 0 Å². The van der Waals surface area contributed by atoms with Gasteiger partial charge in [0.25, 0.3) is 0 Å². The number of anilines is 1. The Labute approximate surface area is 61.0 Å². The molecule has 0 aliphatic heterocycles. The van der Waals surface area contributed by atoms with Crippen molar-refractivity contribution in [2.45, 2.75) is 0 Å². The fourth-order valence-corrected chi connectivity index (χ4v) is 1.52. The molecule has 0 aromatic carbocycles. The normalized spacial score (nSPS) is 9.75. The number of hydrogen-bond donors (Lipinski definition) is 1. The number of halogens is 2. The van der Waals surface area contributed by atoms with Gasteiger partial charge >= 0.3 is 0 Å². The molecular weight excluding hydrogens is 165 g/mol. The third-order valence-electron chi connectivity index (χ3n) is 0.664. The quantitative estimate of drug-likeness (QED) is 0.633. The van der Waals surface area contributed by atoms with E-state index in [0.717, 1.165) is 0 Å². The van der Waals surface area contributed by atoms with Gasteiger partial charge in [-0.25, -0.2) is 0 Å². The van der Waals surface area contributed by atoms with E-state index >= 15 is 0 Å². The number of thiophene rings is 1. The monoisotopic (exact) mass is 167 g/mol.